The molecule has 1 nitrogen and oxygen atoms in total. The van der Waals surface area contributed by atoms with Crippen molar-refractivity contribution >= 4 is 6.29 Å². The summed E-state index contributed by atoms with van der Waals surface area (Å²) in [5.74, 6) is 0.875. The molecule has 1 aliphatic carbocycles. The lowest BCUT2D eigenvalue weighted by molar-refractivity contribution is -0.112. The molecule has 2 atom stereocenters. The van der Waals surface area contributed by atoms with E-state index in [-0.39, 0.29) is 0 Å². The van der Waals surface area contributed by atoms with Crippen molar-refractivity contribution < 1.29 is 4.79 Å². The molecule has 0 fully saturated rings. The number of carbonyl (C=O) groups excluding carboxylic acids is 1. The molecule has 0 spiro atoms. The lowest BCUT2D eigenvalue weighted by Gasteiger charge is -2.20. The van der Waals surface area contributed by atoms with Crippen molar-refractivity contribution in [1.29, 1.82) is 0 Å². The smallest absolute Gasteiger partial charge is 0.123 e. The normalized spacial score (nSPS) is 31.7. The Morgan fingerprint density at radius 1 is 1.50 bits per heavy atom. The van der Waals surface area contributed by atoms with E-state index in [2.05, 4.69) is 19.9 Å². The molecule has 68 valence electrons. The molecule has 0 N–H and O–H groups in total. The largest absolute Gasteiger partial charge is 0.303 e. The van der Waals surface area contributed by atoms with Gasteiger partial charge in [0.25, 0.3) is 0 Å². The van der Waals surface area contributed by atoms with Gasteiger partial charge in [0.15, 0.2) is 0 Å². The standard InChI is InChI=1S/C11H18O/c1-9-4-3-5-10(2)11(8-12)7-6-9/h4,8,10-11H,3,5-7H2,1-2H3. The van der Waals surface area contributed by atoms with Gasteiger partial charge < -0.3 is 4.79 Å². The van der Waals surface area contributed by atoms with E-state index in [0.29, 0.717) is 11.8 Å². The molecule has 1 aliphatic rings. The van der Waals surface area contributed by atoms with Crippen molar-refractivity contribution in [2.45, 2.75) is 39.5 Å². The predicted molar refractivity (Wildman–Crippen MR) is 50.9 cm³/mol. The summed E-state index contributed by atoms with van der Waals surface area (Å²) < 4.78 is 0. The van der Waals surface area contributed by atoms with Crippen LogP contribution in [-0.4, -0.2) is 6.29 Å². The third-order valence-electron chi connectivity index (χ3n) is 2.89. The minimum Gasteiger partial charge on any atom is -0.303 e. The maximum atomic E-state index is 10.7. The van der Waals surface area contributed by atoms with Crippen LogP contribution in [0.3, 0.4) is 0 Å². The SMILES string of the molecule is CC1=CCCC(C)C(C=O)CC1. The molecule has 0 aromatic rings. The summed E-state index contributed by atoms with van der Waals surface area (Å²) >= 11 is 0. The predicted octanol–water partition coefficient (Wildman–Crippen LogP) is 2.96. The Bertz CT molecular complexity index is 181. The van der Waals surface area contributed by atoms with Crippen LogP contribution < -0.4 is 0 Å². The van der Waals surface area contributed by atoms with E-state index in [4.69, 9.17) is 0 Å². The van der Waals surface area contributed by atoms with Crippen molar-refractivity contribution in [2.24, 2.45) is 11.8 Å². The molecule has 0 bridgehead atoms. The lowest BCUT2D eigenvalue weighted by Crippen LogP contribution is -2.14. The minimum atomic E-state index is 0.300. The Morgan fingerprint density at radius 3 is 2.92 bits per heavy atom. The van der Waals surface area contributed by atoms with E-state index in [1.807, 2.05) is 0 Å². The maximum absolute atomic E-state index is 10.7. The lowest BCUT2D eigenvalue weighted by atomic mass is 9.84. The molecule has 0 aliphatic heterocycles. The summed E-state index contributed by atoms with van der Waals surface area (Å²) in [6.45, 7) is 4.35. The maximum Gasteiger partial charge on any atom is 0.123 e. The Labute approximate surface area is 74.9 Å². The third-order valence-corrected chi connectivity index (χ3v) is 2.89. The number of carbonyl (C=O) groups is 1. The van der Waals surface area contributed by atoms with E-state index in [1.165, 1.54) is 12.0 Å². The van der Waals surface area contributed by atoms with Crippen LogP contribution in [0.1, 0.15) is 39.5 Å². The van der Waals surface area contributed by atoms with Crippen LogP contribution in [0.25, 0.3) is 0 Å². The fraction of sp³-hybridized carbons (Fsp3) is 0.727. The number of hydrogen-bond acceptors (Lipinski definition) is 1. The Morgan fingerprint density at radius 2 is 2.25 bits per heavy atom. The monoisotopic (exact) mass is 166 g/mol. The van der Waals surface area contributed by atoms with E-state index in [9.17, 15) is 4.79 Å². The van der Waals surface area contributed by atoms with Gasteiger partial charge in [-0.1, -0.05) is 18.6 Å². The first kappa shape index (κ1) is 9.50. The first-order valence-electron chi connectivity index (χ1n) is 4.85. The van der Waals surface area contributed by atoms with Crippen molar-refractivity contribution in [3.8, 4) is 0 Å². The average molecular weight is 166 g/mol. The number of aldehydes is 1. The summed E-state index contributed by atoms with van der Waals surface area (Å²) in [4.78, 5) is 10.7. The Balaban J connectivity index is 2.57. The topological polar surface area (TPSA) is 17.1 Å². The molecule has 2 unspecified atom stereocenters. The molecule has 0 radical (unpaired) electrons. The second kappa shape index (κ2) is 4.44. The molecule has 0 aromatic heterocycles. The second-order valence-corrected chi connectivity index (χ2v) is 3.94. The number of hydrogen-bond donors (Lipinski definition) is 0. The summed E-state index contributed by atoms with van der Waals surface area (Å²) in [6.07, 6.45) is 7.93. The van der Waals surface area contributed by atoms with Crippen LogP contribution in [0.4, 0.5) is 0 Å². The summed E-state index contributed by atoms with van der Waals surface area (Å²) in [5, 5.41) is 0. The van der Waals surface area contributed by atoms with E-state index >= 15 is 0 Å². The number of rotatable bonds is 1. The van der Waals surface area contributed by atoms with Gasteiger partial charge in [0, 0.05) is 5.92 Å². The van der Waals surface area contributed by atoms with Gasteiger partial charge in [-0.25, -0.2) is 0 Å². The van der Waals surface area contributed by atoms with Gasteiger partial charge in [-0.2, -0.15) is 0 Å². The zero-order chi connectivity index (χ0) is 8.97. The van der Waals surface area contributed by atoms with E-state index < -0.39 is 0 Å². The second-order valence-electron chi connectivity index (χ2n) is 3.94. The van der Waals surface area contributed by atoms with Gasteiger partial charge >= 0.3 is 0 Å². The minimum absolute atomic E-state index is 0.300. The average Bonchev–Trinajstić information content (AvgIpc) is 2.03. The molecule has 1 heteroatoms. The zero-order valence-corrected chi connectivity index (χ0v) is 8.05. The highest BCUT2D eigenvalue weighted by Crippen LogP contribution is 2.25. The zero-order valence-electron chi connectivity index (χ0n) is 8.05. The first-order valence-corrected chi connectivity index (χ1v) is 4.85. The first-order chi connectivity index (χ1) is 5.74. The van der Waals surface area contributed by atoms with Gasteiger partial charge in [-0.3, -0.25) is 0 Å². The van der Waals surface area contributed by atoms with Crippen molar-refractivity contribution in [2.75, 3.05) is 0 Å². The van der Waals surface area contributed by atoms with Gasteiger partial charge in [0.2, 0.25) is 0 Å². The van der Waals surface area contributed by atoms with E-state index in [0.717, 1.165) is 25.5 Å². The fourth-order valence-electron chi connectivity index (χ4n) is 1.79. The molecular formula is C11H18O. The molecule has 0 heterocycles. The molecule has 0 amide bonds. The molecule has 12 heavy (non-hydrogen) atoms. The van der Waals surface area contributed by atoms with Crippen LogP contribution in [0, 0.1) is 11.8 Å². The third kappa shape index (κ3) is 2.47. The van der Waals surface area contributed by atoms with Crippen LogP contribution >= 0.6 is 0 Å². The quantitative estimate of drug-likeness (QED) is 0.432. The van der Waals surface area contributed by atoms with Crippen molar-refractivity contribution in [1.82, 2.24) is 0 Å². The summed E-state index contributed by atoms with van der Waals surface area (Å²) in [7, 11) is 0. The molecule has 0 saturated carbocycles. The molecule has 0 saturated heterocycles. The molecule has 0 aromatic carbocycles. The van der Waals surface area contributed by atoms with Crippen LogP contribution in [0.5, 0.6) is 0 Å². The Kier molecular flexibility index (Phi) is 3.51. The van der Waals surface area contributed by atoms with Crippen molar-refractivity contribution in [3.63, 3.8) is 0 Å². The highest BCUT2D eigenvalue weighted by atomic mass is 16.1. The van der Waals surface area contributed by atoms with Gasteiger partial charge in [0.05, 0.1) is 0 Å². The highest BCUT2D eigenvalue weighted by Gasteiger charge is 2.17. The van der Waals surface area contributed by atoms with Gasteiger partial charge in [0.1, 0.15) is 6.29 Å². The van der Waals surface area contributed by atoms with Crippen LogP contribution in [0.15, 0.2) is 11.6 Å². The summed E-state index contributed by atoms with van der Waals surface area (Å²) in [5.41, 5.74) is 1.45. The molecule has 1 rings (SSSR count). The van der Waals surface area contributed by atoms with E-state index in [1.54, 1.807) is 0 Å². The molecular weight excluding hydrogens is 148 g/mol. The Hall–Kier alpha value is -0.590. The van der Waals surface area contributed by atoms with Crippen LogP contribution in [-0.2, 0) is 4.79 Å². The van der Waals surface area contributed by atoms with Crippen LogP contribution in [0.2, 0.25) is 0 Å². The summed E-state index contributed by atoms with van der Waals surface area (Å²) in [6, 6.07) is 0. The van der Waals surface area contributed by atoms with Gasteiger partial charge in [-0.05, 0) is 38.5 Å². The highest BCUT2D eigenvalue weighted by molar-refractivity contribution is 5.54. The fourth-order valence-corrected chi connectivity index (χ4v) is 1.79. The van der Waals surface area contributed by atoms with Gasteiger partial charge in [-0.15, -0.1) is 0 Å². The number of allylic oxidation sites excluding steroid dienone is 2. The van der Waals surface area contributed by atoms with Crippen molar-refractivity contribution in [3.05, 3.63) is 11.6 Å².